The third kappa shape index (κ3) is 4.79. The molecule has 0 amide bonds. The molecule has 1 aliphatic heterocycles. The number of nitrogens with zero attached hydrogens (tertiary/aromatic N) is 4. The normalized spacial score (nSPS) is 16.7. The van der Waals surface area contributed by atoms with E-state index >= 15 is 0 Å². The third-order valence-corrected chi connectivity index (χ3v) is 8.06. The first kappa shape index (κ1) is 25.5. The number of likely N-dealkylation sites (N-methyl/N-ethyl adjacent to an activating group) is 1. The minimum atomic E-state index is -0.0275. The van der Waals surface area contributed by atoms with Crippen molar-refractivity contribution in [2.75, 3.05) is 39.1 Å². The zero-order chi connectivity index (χ0) is 25.4. The highest BCUT2D eigenvalue weighted by Crippen LogP contribution is 2.46. The molecule has 1 aromatic heterocycles. The van der Waals surface area contributed by atoms with Crippen LogP contribution in [0.15, 0.2) is 60.3 Å². The number of halogens is 1. The molecule has 0 bridgehead atoms. The SMILES string of the molecule is CCn1c(C=CC=C2N(C)c3ccccc3C2(C)C)[n+](CCC[N+](C)(C)CC)c2ccc(Cl)cc21. The number of anilines is 1. The van der Waals surface area contributed by atoms with Crippen LogP contribution in [0.1, 0.15) is 45.5 Å². The van der Waals surface area contributed by atoms with Crippen LogP contribution < -0.4 is 9.47 Å². The molecule has 3 aromatic rings. The van der Waals surface area contributed by atoms with E-state index in [2.05, 4.69) is 117 Å². The molecule has 4 nitrogen and oxygen atoms in total. The van der Waals surface area contributed by atoms with E-state index in [9.17, 15) is 0 Å². The molecule has 1 aliphatic rings. The smallest absolute Gasteiger partial charge is 0.282 e. The highest BCUT2D eigenvalue weighted by molar-refractivity contribution is 6.31. The number of fused-ring (bicyclic) bond motifs is 2. The van der Waals surface area contributed by atoms with E-state index in [4.69, 9.17) is 11.6 Å². The van der Waals surface area contributed by atoms with Crippen molar-refractivity contribution in [2.24, 2.45) is 0 Å². The van der Waals surface area contributed by atoms with Crippen molar-refractivity contribution in [2.45, 2.75) is 52.6 Å². The summed E-state index contributed by atoms with van der Waals surface area (Å²) in [5.74, 6) is 1.22. The Morgan fingerprint density at radius 2 is 1.83 bits per heavy atom. The molecule has 0 atom stereocenters. The zero-order valence-corrected chi connectivity index (χ0v) is 23.2. The second kappa shape index (κ2) is 9.83. The van der Waals surface area contributed by atoms with Gasteiger partial charge >= 0.3 is 0 Å². The molecule has 0 unspecified atom stereocenters. The summed E-state index contributed by atoms with van der Waals surface area (Å²) in [5, 5.41) is 0.783. The first-order valence-corrected chi connectivity index (χ1v) is 13.2. The maximum Gasteiger partial charge on any atom is 0.282 e. The number of benzene rings is 2. The summed E-state index contributed by atoms with van der Waals surface area (Å²) < 4.78 is 5.89. The summed E-state index contributed by atoms with van der Waals surface area (Å²) >= 11 is 6.42. The first-order valence-electron chi connectivity index (χ1n) is 12.9. The van der Waals surface area contributed by atoms with Gasteiger partial charge in [0.05, 0.1) is 40.3 Å². The summed E-state index contributed by atoms with van der Waals surface area (Å²) in [5.41, 5.74) is 6.40. The lowest BCUT2D eigenvalue weighted by Crippen LogP contribution is -2.43. The van der Waals surface area contributed by atoms with E-state index in [0.29, 0.717) is 0 Å². The average molecular weight is 493 g/mol. The van der Waals surface area contributed by atoms with Gasteiger partial charge in [-0.3, -0.25) is 0 Å². The molecule has 186 valence electrons. The lowest BCUT2D eigenvalue weighted by Gasteiger charge is -2.27. The molecule has 0 saturated carbocycles. The Bertz CT molecular complexity index is 1280. The summed E-state index contributed by atoms with van der Waals surface area (Å²) in [6.45, 7) is 13.3. The monoisotopic (exact) mass is 492 g/mol. The van der Waals surface area contributed by atoms with E-state index in [1.807, 2.05) is 6.07 Å². The van der Waals surface area contributed by atoms with Crippen LogP contribution in [-0.2, 0) is 18.5 Å². The number of aromatic nitrogens is 2. The van der Waals surface area contributed by atoms with Gasteiger partial charge in [-0.05, 0) is 43.7 Å². The van der Waals surface area contributed by atoms with Crippen molar-refractivity contribution in [1.29, 1.82) is 0 Å². The van der Waals surface area contributed by atoms with Gasteiger partial charge in [-0.15, -0.1) is 0 Å². The third-order valence-electron chi connectivity index (χ3n) is 7.83. The van der Waals surface area contributed by atoms with Crippen molar-refractivity contribution in [1.82, 2.24) is 4.57 Å². The predicted molar refractivity (Wildman–Crippen MR) is 150 cm³/mol. The molecule has 5 heteroatoms. The minimum Gasteiger partial charge on any atom is -0.347 e. The highest BCUT2D eigenvalue weighted by Gasteiger charge is 2.37. The van der Waals surface area contributed by atoms with Gasteiger partial charge in [0.2, 0.25) is 0 Å². The van der Waals surface area contributed by atoms with Gasteiger partial charge < -0.3 is 9.38 Å². The number of para-hydroxylation sites is 1. The molecular weight excluding hydrogens is 452 g/mol. The van der Waals surface area contributed by atoms with E-state index in [1.165, 1.54) is 33.8 Å². The largest absolute Gasteiger partial charge is 0.347 e. The molecule has 0 spiro atoms. The van der Waals surface area contributed by atoms with Gasteiger partial charge in [0.25, 0.3) is 5.82 Å². The summed E-state index contributed by atoms with van der Waals surface area (Å²) in [6.07, 6.45) is 7.91. The van der Waals surface area contributed by atoms with Crippen molar-refractivity contribution in [3.63, 3.8) is 0 Å². The fourth-order valence-electron chi connectivity index (χ4n) is 5.42. The van der Waals surface area contributed by atoms with E-state index in [0.717, 1.165) is 42.1 Å². The van der Waals surface area contributed by atoms with Crippen molar-refractivity contribution < 1.29 is 9.05 Å². The standard InChI is InChI=1S/C30H41ClN4/c1-8-33-27-22-23(31)18-19-26(27)34(20-13-21-35(6,7)9-2)29(33)17-12-16-28-30(3,4)24-14-10-11-15-25(24)32(28)5/h10-12,14-19,22H,8-9,13,20-21H2,1-7H3/q+2. The molecule has 0 N–H and O–H groups in total. The molecular formula is C30H41ClN4+2. The zero-order valence-electron chi connectivity index (χ0n) is 22.5. The highest BCUT2D eigenvalue weighted by atomic mass is 35.5. The van der Waals surface area contributed by atoms with E-state index in [-0.39, 0.29) is 5.41 Å². The van der Waals surface area contributed by atoms with Crippen LogP contribution in [0, 0.1) is 0 Å². The molecule has 0 radical (unpaired) electrons. The van der Waals surface area contributed by atoms with Crippen molar-refractivity contribution in [3.05, 3.63) is 76.7 Å². The Morgan fingerprint density at radius 1 is 1.09 bits per heavy atom. The van der Waals surface area contributed by atoms with Crippen molar-refractivity contribution >= 4 is 34.4 Å². The molecule has 2 heterocycles. The molecule has 0 fully saturated rings. The second-order valence-corrected chi connectivity index (χ2v) is 11.3. The van der Waals surface area contributed by atoms with E-state index in [1.54, 1.807) is 0 Å². The topological polar surface area (TPSA) is 12.1 Å². The van der Waals surface area contributed by atoms with Gasteiger partial charge in [0, 0.05) is 47.4 Å². The van der Waals surface area contributed by atoms with Crippen LogP contribution in [0.4, 0.5) is 5.69 Å². The van der Waals surface area contributed by atoms with Crippen LogP contribution in [0.5, 0.6) is 0 Å². The molecule has 0 aliphatic carbocycles. The van der Waals surface area contributed by atoms with Gasteiger partial charge in [0.15, 0.2) is 11.0 Å². The number of aryl methyl sites for hydroxylation is 2. The number of allylic oxidation sites excluding steroid dienone is 3. The minimum absolute atomic E-state index is 0.0275. The quantitative estimate of drug-likeness (QED) is 0.261. The maximum atomic E-state index is 6.42. The first-order chi connectivity index (χ1) is 16.6. The Balaban J connectivity index is 1.73. The second-order valence-electron chi connectivity index (χ2n) is 10.8. The molecule has 2 aromatic carbocycles. The summed E-state index contributed by atoms with van der Waals surface area (Å²) in [4.78, 5) is 2.33. The van der Waals surface area contributed by atoms with Crippen LogP contribution in [0.25, 0.3) is 17.1 Å². The van der Waals surface area contributed by atoms with Gasteiger partial charge in [-0.1, -0.05) is 49.7 Å². The van der Waals surface area contributed by atoms with Crippen LogP contribution in [-0.4, -0.2) is 43.3 Å². The lowest BCUT2D eigenvalue weighted by atomic mass is 9.84. The summed E-state index contributed by atoms with van der Waals surface area (Å²) in [7, 11) is 6.79. The fraction of sp³-hybridized carbons (Fsp3) is 0.433. The molecule has 35 heavy (non-hydrogen) atoms. The van der Waals surface area contributed by atoms with Gasteiger partial charge in [0.1, 0.15) is 0 Å². The molecule has 0 saturated heterocycles. The predicted octanol–water partition coefficient (Wildman–Crippen LogP) is 6.41. The fourth-order valence-corrected chi connectivity index (χ4v) is 5.59. The van der Waals surface area contributed by atoms with Crippen LogP contribution >= 0.6 is 11.6 Å². The van der Waals surface area contributed by atoms with Crippen LogP contribution in [0.3, 0.4) is 0 Å². The maximum absolute atomic E-state index is 6.42. The number of rotatable bonds is 8. The summed E-state index contributed by atoms with van der Waals surface area (Å²) in [6, 6.07) is 15.0. The Morgan fingerprint density at radius 3 is 2.51 bits per heavy atom. The average Bonchev–Trinajstić information content (AvgIpc) is 3.22. The molecule has 4 rings (SSSR count). The number of quaternary nitrogens is 1. The number of imidazole rings is 1. The van der Waals surface area contributed by atoms with E-state index < -0.39 is 0 Å². The van der Waals surface area contributed by atoms with Crippen molar-refractivity contribution in [3.8, 4) is 0 Å². The Kier molecular flexibility index (Phi) is 7.17. The van der Waals surface area contributed by atoms with Gasteiger partial charge in [-0.25, -0.2) is 9.13 Å². The Labute approximate surface area is 216 Å². The Hall–Kier alpha value is -2.56. The van der Waals surface area contributed by atoms with Crippen LogP contribution in [0.2, 0.25) is 5.02 Å². The number of hydrogen-bond acceptors (Lipinski definition) is 1. The van der Waals surface area contributed by atoms with Gasteiger partial charge in [-0.2, -0.15) is 0 Å². The number of hydrogen-bond donors (Lipinski definition) is 0. The lowest BCUT2D eigenvalue weighted by molar-refractivity contribution is -0.890.